The molecule has 0 saturated heterocycles. The number of tetrazole rings is 1. The highest BCUT2D eigenvalue weighted by Crippen LogP contribution is 2.41. The first-order valence-electron chi connectivity index (χ1n) is 12.3. The normalized spacial score (nSPS) is 17.8. The van der Waals surface area contributed by atoms with Gasteiger partial charge in [-0.15, -0.1) is 15.0 Å². The largest absolute Gasteiger partial charge is 0.384 e. The number of benzene rings is 3. The Kier molecular flexibility index (Phi) is 6.10. The van der Waals surface area contributed by atoms with E-state index < -0.39 is 16.8 Å². The summed E-state index contributed by atoms with van der Waals surface area (Å²) >= 11 is 0. The Bertz CT molecular complexity index is 1280. The third-order valence-electron chi connectivity index (χ3n) is 6.58. The van der Waals surface area contributed by atoms with Gasteiger partial charge in [0.15, 0.2) is 5.54 Å². The van der Waals surface area contributed by atoms with Crippen LogP contribution in [0.5, 0.6) is 0 Å². The van der Waals surface area contributed by atoms with E-state index in [1.54, 1.807) is 24.9 Å². The molecule has 0 spiro atoms. The van der Waals surface area contributed by atoms with Crippen molar-refractivity contribution in [1.82, 2.24) is 20.2 Å². The molecule has 7 heteroatoms. The van der Waals surface area contributed by atoms with Crippen LogP contribution < -0.4 is 0 Å². The SMILES string of the molecule is CCCC1(c2nnn(C(c3ccccc3)(c3ccccc3)c3ccccc3)n2)N=CC(C(C)(C)O)=N1. The number of aliphatic imine (C=N–C) groups is 2. The molecule has 182 valence electrons. The van der Waals surface area contributed by atoms with Gasteiger partial charge in [0, 0.05) is 12.6 Å². The topological polar surface area (TPSA) is 88.5 Å². The molecular formula is C29H30N6O. The predicted molar refractivity (Wildman–Crippen MR) is 141 cm³/mol. The molecule has 7 nitrogen and oxygen atoms in total. The van der Waals surface area contributed by atoms with Gasteiger partial charge in [-0.1, -0.05) is 104 Å². The van der Waals surface area contributed by atoms with Crippen LogP contribution in [0.2, 0.25) is 0 Å². The predicted octanol–water partition coefficient (Wildman–Crippen LogP) is 4.76. The van der Waals surface area contributed by atoms with Gasteiger partial charge in [-0.25, -0.2) is 4.99 Å². The Hall–Kier alpha value is -3.97. The molecule has 4 aromatic rings. The molecule has 2 heterocycles. The summed E-state index contributed by atoms with van der Waals surface area (Å²) in [7, 11) is 0. The van der Waals surface area contributed by atoms with Crippen molar-refractivity contribution in [2.24, 2.45) is 9.98 Å². The van der Waals surface area contributed by atoms with Gasteiger partial charge in [0.1, 0.15) is 5.60 Å². The van der Waals surface area contributed by atoms with Crippen LogP contribution in [-0.4, -0.2) is 42.8 Å². The first-order valence-corrected chi connectivity index (χ1v) is 12.3. The Morgan fingerprint density at radius 2 is 1.31 bits per heavy atom. The summed E-state index contributed by atoms with van der Waals surface area (Å²) < 4.78 is 0. The molecule has 1 unspecified atom stereocenters. The van der Waals surface area contributed by atoms with Gasteiger partial charge in [-0.2, -0.15) is 0 Å². The summed E-state index contributed by atoms with van der Waals surface area (Å²) in [5, 5.41) is 24.7. The Balaban J connectivity index is 1.76. The molecule has 0 bridgehead atoms. The maximum atomic E-state index is 10.6. The van der Waals surface area contributed by atoms with Crippen molar-refractivity contribution in [2.75, 3.05) is 0 Å². The molecule has 3 aromatic carbocycles. The Morgan fingerprint density at radius 1 is 0.806 bits per heavy atom. The van der Waals surface area contributed by atoms with Crippen molar-refractivity contribution in [3.05, 3.63) is 114 Å². The van der Waals surface area contributed by atoms with Crippen molar-refractivity contribution < 1.29 is 5.11 Å². The van der Waals surface area contributed by atoms with Gasteiger partial charge in [0.05, 0.1) is 5.71 Å². The fourth-order valence-corrected chi connectivity index (χ4v) is 4.81. The fraction of sp³-hybridized carbons (Fsp3) is 0.276. The molecule has 1 aromatic heterocycles. The lowest BCUT2D eigenvalue weighted by molar-refractivity contribution is 0.155. The zero-order chi connectivity index (χ0) is 25.2. The average Bonchev–Trinajstić information content (AvgIpc) is 3.56. The number of rotatable bonds is 8. The Labute approximate surface area is 211 Å². The molecule has 1 atom stereocenters. The van der Waals surface area contributed by atoms with E-state index in [1.807, 2.05) is 54.6 Å². The number of aliphatic hydroxyl groups is 1. The van der Waals surface area contributed by atoms with Crippen molar-refractivity contribution in [2.45, 2.75) is 50.4 Å². The van der Waals surface area contributed by atoms with Gasteiger partial charge in [-0.3, -0.25) is 4.99 Å². The first-order chi connectivity index (χ1) is 17.4. The highest BCUT2D eigenvalue weighted by molar-refractivity contribution is 6.35. The molecule has 0 fully saturated rings. The van der Waals surface area contributed by atoms with Crippen molar-refractivity contribution in [1.29, 1.82) is 0 Å². The van der Waals surface area contributed by atoms with E-state index in [0.29, 0.717) is 18.0 Å². The van der Waals surface area contributed by atoms with Crippen molar-refractivity contribution >= 4 is 11.9 Å². The minimum absolute atomic E-state index is 0.409. The molecule has 0 radical (unpaired) electrons. The summed E-state index contributed by atoms with van der Waals surface area (Å²) in [5.41, 5.74) is 0.528. The van der Waals surface area contributed by atoms with E-state index in [4.69, 9.17) is 15.1 Å². The fourth-order valence-electron chi connectivity index (χ4n) is 4.81. The van der Waals surface area contributed by atoms with E-state index >= 15 is 0 Å². The highest BCUT2D eigenvalue weighted by Gasteiger charge is 2.45. The zero-order valence-corrected chi connectivity index (χ0v) is 20.8. The van der Waals surface area contributed by atoms with Gasteiger partial charge < -0.3 is 5.11 Å². The van der Waals surface area contributed by atoms with E-state index in [9.17, 15) is 5.11 Å². The third-order valence-corrected chi connectivity index (χ3v) is 6.58. The Morgan fingerprint density at radius 3 is 1.72 bits per heavy atom. The molecule has 5 rings (SSSR count). The lowest BCUT2D eigenvalue weighted by atomic mass is 9.77. The second-order valence-electron chi connectivity index (χ2n) is 9.59. The summed E-state index contributed by atoms with van der Waals surface area (Å²) in [6, 6.07) is 30.6. The van der Waals surface area contributed by atoms with E-state index in [-0.39, 0.29) is 0 Å². The molecule has 1 aliphatic rings. The first kappa shape index (κ1) is 23.8. The molecular weight excluding hydrogens is 448 g/mol. The van der Waals surface area contributed by atoms with Crippen LogP contribution >= 0.6 is 0 Å². The number of hydrogen-bond acceptors (Lipinski definition) is 6. The van der Waals surface area contributed by atoms with Crippen LogP contribution in [0.1, 0.15) is 56.1 Å². The molecule has 36 heavy (non-hydrogen) atoms. The third kappa shape index (κ3) is 3.95. The van der Waals surface area contributed by atoms with Crippen LogP contribution in [0.25, 0.3) is 0 Å². The summed E-state index contributed by atoms with van der Waals surface area (Å²) in [5.74, 6) is 0.409. The second-order valence-corrected chi connectivity index (χ2v) is 9.59. The standard InChI is InChI=1S/C29H30N6O/c1-4-20-28(30-21-25(31-28)27(2,3)36)26-32-34-35(33-26)29(22-14-8-5-9-15-22,23-16-10-6-11-17-23)24-18-12-7-13-19-24/h5-19,21,36H,4,20H2,1-3H3. The van der Waals surface area contributed by atoms with E-state index in [1.165, 1.54) is 0 Å². The number of aromatic nitrogens is 4. The number of nitrogens with zero attached hydrogens (tertiary/aromatic N) is 6. The van der Waals surface area contributed by atoms with Gasteiger partial charge >= 0.3 is 0 Å². The van der Waals surface area contributed by atoms with Crippen molar-refractivity contribution in [3.8, 4) is 0 Å². The van der Waals surface area contributed by atoms with Crippen LogP contribution in [0.15, 0.2) is 101 Å². The molecule has 0 amide bonds. The highest BCUT2D eigenvalue weighted by atomic mass is 16.3. The smallest absolute Gasteiger partial charge is 0.224 e. The maximum absolute atomic E-state index is 10.6. The lowest BCUT2D eigenvalue weighted by Crippen LogP contribution is -2.40. The van der Waals surface area contributed by atoms with Gasteiger partial charge in [0.25, 0.3) is 0 Å². The lowest BCUT2D eigenvalue weighted by Gasteiger charge is -2.34. The monoisotopic (exact) mass is 478 g/mol. The van der Waals surface area contributed by atoms with Crippen molar-refractivity contribution in [3.63, 3.8) is 0 Å². The van der Waals surface area contributed by atoms with Crippen LogP contribution in [0.3, 0.4) is 0 Å². The van der Waals surface area contributed by atoms with Crippen LogP contribution in [0, 0.1) is 0 Å². The van der Waals surface area contributed by atoms with Crippen LogP contribution in [-0.2, 0) is 11.2 Å². The minimum Gasteiger partial charge on any atom is -0.384 e. The molecule has 0 saturated carbocycles. The average molecular weight is 479 g/mol. The van der Waals surface area contributed by atoms with Crippen LogP contribution in [0.4, 0.5) is 0 Å². The summed E-state index contributed by atoms with van der Waals surface area (Å²) in [6.45, 7) is 5.48. The molecule has 0 aliphatic carbocycles. The zero-order valence-electron chi connectivity index (χ0n) is 20.8. The minimum atomic E-state index is -1.11. The molecule has 1 N–H and O–H groups in total. The summed E-state index contributed by atoms with van der Waals surface area (Å²) in [6.07, 6.45) is 3.05. The van der Waals surface area contributed by atoms with Gasteiger partial charge in [-0.05, 0) is 35.8 Å². The van der Waals surface area contributed by atoms with Gasteiger partial charge in [0.2, 0.25) is 11.5 Å². The maximum Gasteiger partial charge on any atom is 0.224 e. The number of hydrogen-bond donors (Lipinski definition) is 1. The summed E-state index contributed by atoms with van der Waals surface area (Å²) in [4.78, 5) is 11.2. The second kappa shape index (κ2) is 9.24. The molecule has 1 aliphatic heterocycles. The van der Waals surface area contributed by atoms with E-state index in [2.05, 4.69) is 53.6 Å². The quantitative estimate of drug-likeness (QED) is 0.370. The van der Waals surface area contributed by atoms with E-state index in [0.717, 1.165) is 23.1 Å².